The smallest absolute Gasteiger partial charge is 0.333 e. The topological polar surface area (TPSA) is 17.8 Å². The fourth-order valence-electron chi connectivity index (χ4n) is 1.18. The van der Waals surface area contributed by atoms with Crippen LogP contribution in [0.2, 0.25) is 0 Å². The highest BCUT2D eigenvalue weighted by Crippen LogP contribution is 2.56. The van der Waals surface area contributed by atoms with E-state index >= 15 is 0 Å². The van der Waals surface area contributed by atoms with Crippen LogP contribution in [0, 0.1) is 0 Å². The Labute approximate surface area is 99.4 Å². The SMILES string of the molecule is Cn1ccnc1C(F)(F)C(F)(F)C(F)(F)C(F)(F)F. The van der Waals surface area contributed by atoms with Gasteiger partial charge in [0.15, 0.2) is 5.82 Å². The maximum atomic E-state index is 13.2. The molecule has 0 saturated heterocycles. The Bertz CT molecular complexity index is 459. The van der Waals surface area contributed by atoms with Crippen LogP contribution in [0.4, 0.5) is 39.5 Å². The molecular formula is C8H5F9N2. The van der Waals surface area contributed by atoms with Gasteiger partial charge in [-0.25, -0.2) is 4.98 Å². The number of alkyl halides is 9. The number of aryl methyl sites for hydroxylation is 1. The highest BCUT2D eigenvalue weighted by Gasteiger charge is 2.82. The molecule has 1 aromatic heterocycles. The second kappa shape index (κ2) is 4.04. The number of rotatable bonds is 3. The molecule has 0 aliphatic heterocycles. The molecule has 0 amide bonds. The van der Waals surface area contributed by atoms with Crippen molar-refractivity contribution in [1.82, 2.24) is 9.55 Å². The van der Waals surface area contributed by atoms with Crippen molar-refractivity contribution in [3.8, 4) is 0 Å². The van der Waals surface area contributed by atoms with Gasteiger partial charge in [-0.15, -0.1) is 0 Å². The molecule has 2 nitrogen and oxygen atoms in total. The molecule has 0 unspecified atom stereocenters. The predicted octanol–water partition coefficient (Wildman–Crippen LogP) is 3.34. The molecular weight excluding hydrogens is 295 g/mol. The van der Waals surface area contributed by atoms with Gasteiger partial charge in [-0.05, 0) is 0 Å². The Hall–Kier alpha value is -1.42. The first-order valence-corrected chi connectivity index (χ1v) is 4.44. The van der Waals surface area contributed by atoms with Crippen molar-refractivity contribution < 1.29 is 39.5 Å². The van der Waals surface area contributed by atoms with Crippen LogP contribution < -0.4 is 0 Å². The first kappa shape index (κ1) is 15.6. The highest BCUT2D eigenvalue weighted by atomic mass is 19.4. The molecule has 0 N–H and O–H groups in total. The molecule has 0 radical (unpaired) electrons. The monoisotopic (exact) mass is 300 g/mol. The predicted molar refractivity (Wildman–Crippen MR) is 43.1 cm³/mol. The summed E-state index contributed by atoms with van der Waals surface area (Å²) in [5.41, 5.74) is 0. The van der Waals surface area contributed by atoms with Crippen LogP contribution in [0.3, 0.4) is 0 Å². The minimum atomic E-state index is -6.91. The number of hydrogen-bond acceptors (Lipinski definition) is 1. The summed E-state index contributed by atoms with van der Waals surface area (Å²) in [5.74, 6) is -21.3. The zero-order valence-corrected chi connectivity index (χ0v) is 8.95. The molecule has 1 rings (SSSR count). The molecule has 0 atom stereocenters. The van der Waals surface area contributed by atoms with Crippen LogP contribution in [0.25, 0.3) is 0 Å². The van der Waals surface area contributed by atoms with Crippen molar-refractivity contribution in [1.29, 1.82) is 0 Å². The summed E-state index contributed by atoms with van der Waals surface area (Å²) >= 11 is 0. The summed E-state index contributed by atoms with van der Waals surface area (Å²) in [6, 6.07) is 0. The molecule has 0 aliphatic carbocycles. The Kier molecular flexibility index (Phi) is 3.32. The van der Waals surface area contributed by atoms with Crippen LogP contribution in [0.5, 0.6) is 0 Å². The van der Waals surface area contributed by atoms with Gasteiger partial charge in [0, 0.05) is 19.4 Å². The Morgan fingerprint density at radius 3 is 1.68 bits per heavy atom. The normalized spacial score (nSPS) is 14.8. The quantitative estimate of drug-likeness (QED) is 0.783. The fourth-order valence-corrected chi connectivity index (χ4v) is 1.18. The largest absolute Gasteiger partial charge is 0.460 e. The summed E-state index contributed by atoms with van der Waals surface area (Å²) in [7, 11) is 0.748. The van der Waals surface area contributed by atoms with E-state index in [4.69, 9.17) is 0 Å². The molecule has 1 aromatic rings. The van der Waals surface area contributed by atoms with E-state index in [2.05, 4.69) is 4.98 Å². The molecule has 0 bridgehead atoms. The fraction of sp³-hybridized carbons (Fsp3) is 0.625. The van der Waals surface area contributed by atoms with Crippen LogP contribution >= 0.6 is 0 Å². The maximum Gasteiger partial charge on any atom is 0.460 e. The third-order valence-corrected chi connectivity index (χ3v) is 2.25. The summed E-state index contributed by atoms with van der Waals surface area (Å²) < 4.78 is 113. The van der Waals surface area contributed by atoms with Crippen molar-refractivity contribution in [2.45, 2.75) is 23.9 Å². The Morgan fingerprint density at radius 1 is 0.895 bits per heavy atom. The van der Waals surface area contributed by atoms with Gasteiger partial charge in [0.1, 0.15) is 0 Å². The van der Waals surface area contributed by atoms with Crippen LogP contribution in [-0.4, -0.2) is 27.6 Å². The average Bonchev–Trinajstić information content (AvgIpc) is 2.62. The third-order valence-electron chi connectivity index (χ3n) is 2.25. The standard InChI is InChI=1S/C8H5F9N2/c1-19-3-2-18-4(19)5(9,10)6(11,12)7(13,14)8(15,16)17/h2-3H,1H3. The highest BCUT2D eigenvalue weighted by molar-refractivity contribution is 5.11. The second-order valence-corrected chi connectivity index (χ2v) is 3.58. The van der Waals surface area contributed by atoms with E-state index in [-0.39, 0.29) is 4.57 Å². The second-order valence-electron chi connectivity index (χ2n) is 3.58. The molecule has 0 fully saturated rings. The van der Waals surface area contributed by atoms with E-state index in [0.717, 1.165) is 7.05 Å². The zero-order valence-electron chi connectivity index (χ0n) is 8.95. The first-order chi connectivity index (χ1) is 8.27. The molecule has 0 spiro atoms. The van der Waals surface area contributed by atoms with E-state index in [1.165, 1.54) is 0 Å². The van der Waals surface area contributed by atoms with Gasteiger partial charge in [0.05, 0.1) is 0 Å². The molecule has 1 heterocycles. The first-order valence-electron chi connectivity index (χ1n) is 4.44. The Balaban J connectivity index is 3.38. The van der Waals surface area contributed by atoms with E-state index in [1.807, 2.05) is 0 Å². The van der Waals surface area contributed by atoms with E-state index in [9.17, 15) is 39.5 Å². The van der Waals surface area contributed by atoms with E-state index in [0.29, 0.717) is 12.4 Å². The van der Waals surface area contributed by atoms with Crippen molar-refractivity contribution in [3.63, 3.8) is 0 Å². The summed E-state index contributed by atoms with van der Waals surface area (Å²) in [5, 5.41) is 0. The van der Waals surface area contributed by atoms with Gasteiger partial charge in [-0.3, -0.25) is 0 Å². The van der Waals surface area contributed by atoms with Crippen LogP contribution in [-0.2, 0) is 13.0 Å². The van der Waals surface area contributed by atoms with Crippen molar-refractivity contribution >= 4 is 0 Å². The van der Waals surface area contributed by atoms with Crippen LogP contribution in [0.1, 0.15) is 5.82 Å². The average molecular weight is 300 g/mol. The number of imidazole rings is 1. The minimum Gasteiger partial charge on any atom is -0.333 e. The lowest BCUT2D eigenvalue weighted by molar-refractivity contribution is -0.401. The van der Waals surface area contributed by atoms with Gasteiger partial charge in [0.25, 0.3) is 0 Å². The molecule has 0 aliphatic rings. The molecule has 11 heteroatoms. The lowest BCUT2D eigenvalue weighted by Crippen LogP contribution is -2.60. The number of hydrogen-bond donors (Lipinski definition) is 0. The Morgan fingerprint density at radius 2 is 1.37 bits per heavy atom. The molecule has 0 saturated carbocycles. The van der Waals surface area contributed by atoms with Crippen molar-refractivity contribution in [2.24, 2.45) is 7.05 Å². The van der Waals surface area contributed by atoms with Crippen LogP contribution in [0.15, 0.2) is 12.4 Å². The summed E-state index contributed by atoms with van der Waals surface area (Å²) in [4.78, 5) is 2.68. The van der Waals surface area contributed by atoms with E-state index < -0.39 is 29.8 Å². The van der Waals surface area contributed by atoms with Gasteiger partial charge in [-0.1, -0.05) is 0 Å². The van der Waals surface area contributed by atoms with Gasteiger partial charge in [-0.2, -0.15) is 39.5 Å². The molecule has 0 aromatic carbocycles. The van der Waals surface area contributed by atoms with Gasteiger partial charge in [0.2, 0.25) is 0 Å². The third kappa shape index (κ3) is 2.04. The number of nitrogens with zero attached hydrogens (tertiary/aromatic N) is 2. The summed E-state index contributed by atoms with van der Waals surface area (Å²) in [6.45, 7) is 0. The zero-order chi connectivity index (χ0) is 15.3. The van der Waals surface area contributed by atoms with Crippen molar-refractivity contribution in [2.75, 3.05) is 0 Å². The number of halogens is 9. The molecule has 19 heavy (non-hydrogen) atoms. The lowest BCUT2D eigenvalue weighted by Gasteiger charge is -2.33. The maximum absolute atomic E-state index is 13.2. The lowest BCUT2D eigenvalue weighted by atomic mass is 10.0. The van der Waals surface area contributed by atoms with E-state index in [1.54, 1.807) is 0 Å². The van der Waals surface area contributed by atoms with Gasteiger partial charge >= 0.3 is 23.9 Å². The summed E-state index contributed by atoms with van der Waals surface area (Å²) in [6.07, 6.45) is -5.57. The van der Waals surface area contributed by atoms with Gasteiger partial charge < -0.3 is 4.57 Å². The number of aromatic nitrogens is 2. The molecule has 110 valence electrons. The minimum absolute atomic E-state index is 0.223. The van der Waals surface area contributed by atoms with Crippen molar-refractivity contribution in [3.05, 3.63) is 18.2 Å².